The molecule has 1 rings (SSSR count). The summed E-state index contributed by atoms with van der Waals surface area (Å²) in [5, 5.41) is 12.1. The highest BCUT2D eigenvalue weighted by Gasteiger charge is 2.18. The first kappa shape index (κ1) is 15.3. The molecule has 0 saturated heterocycles. The number of nitrogens with one attached hydrogen (secondary N) is 1. The highest BCUT2D eigenvalue weighted by Crippen LogP contribution is 2.22. The minimum absolute atomic E-state index is 0.00217. The summed E-state index contributed by atoms with van der Waals surface area (Å²) in [7, 11) is 0. The zero-order valence-corrected chi connectivity index (χ0v) is 12.0. The molecule has 5 heteroatoms. The van der Waals surface area contributed by atoms with Crippen LogP contribution in [0.3, 0.4) is 0 Å². The maximum Gasteiger partial charge on any atom is 0.354 e. The molecule has 1 aromatic heterocycles. The van der Waals surface area contributed by atoms with E-state index < -0.39 is 5.97 Å². The molecule has 1 aromatic rings. The number of nitrogens with zero attached hydrogens (tertiary/aromatic N) is 1. The molecular formula is C14H23N3O2. The molecule has 0 saturated carbocycles. The van der Waals surface area contributed by atoms with Crippen molar-refractivity contribution in [1.82, 2.24) is 4.98 Å². The normalized spacial score (nSPS) is 11.3. The number of carbonyl (C=O) groups is 1. The zero-order valence-electron chi connectivity index (χ0n) is 12.0. The van der Waals surface area contributed by atoms with Gasteiger partial charge in [0.05, 0.1) is 5.69 Å². The molecule has 0 aromatic carbocycles. The van der Waals surface area contributed by atoms with E-state index in [0.717, 1.165) is 6.54 Å². The van der Waals surface area contributed by atoms with Crippen LogP contribution in [0.2, 0.25) is 0 Å². The Hall–Kier alpha value is -1.78. The van der Waals surface area contributed by atoms with E-state index in [4.69, 9.17) is 10.8 Å². The fourth-order valence-electron chi connectivity index (χ4n) is 2.19. The Morgan fingerprint density at radius 3 is 2.37 bits per heavy atom. The van der Waals surface area contributed by atoms with E-state index in [2.05, 4.69) is 38.0 Å². The third-order valence-corrected chi connectivity index (χ3v) is 3.36. The topological polar surface area (TPSA) is 88.2 Å². The number of carboxylic acids is 1. The third kappa shape index (κ3) is 4.12. The van der Waals surface area contributed by atoms with Crippen LogP contribution in [0.15, 0.2) is 12.1 Å². The lowest BCUT2D eigenvalue weighted by Gasteiger charge is -2.25. The summed E-state index contributed by atoms with van der Waals surface area (Å²) >= 11 is 0. The van der Waals surface area contributed by atoms with Crippen LogP contribution in [-0.2, 0) is 0 Å². The van der Waals surface area contributed by atoms with Gasteiger partial charge < -0.3 is 16.2 Å². The molecule has 0 bridgehead atoms. The van der Waals surface area contributed by atoms with Crippen LogP contribution in [-0.4, -0.2) is 22.6 Å². The summed E-state index contributed by atoms with van der Waals surface area (Å²) in [5.41, 5.74) is 6.28. The lowest BCUT2D eigenvalue weighted by atomic mass is 9.85. The molecule has 5 nitrogen and oxygen atoms in total. The number of hydrogen-bond donors (Lipinski definition) is 3. The summed E-state index contributed by atoms with van der Waals surface area (Å²) in [6.45, 7) is 9.44. The van der Waals surface area contributed by atoms with Gasteiger partial charge in [0, 0.05) is 6.54 Å². The Morgan fingerprint density at radius 2 is 1.89 bits per heavy atom. The van der Waals surface area contributed by atoms with Gasteiger partial charge in [-0.3, -0.25) is 0 Å². The summed E-state index contributed by atoms with van der Waals surface area (Å²) in [6, 6.07) is 2.98. The van der Waals surface area contributed by atoms with E-state index in [1.54, 1.807) is 6.07 Å². The Labute approximate surface area is 114 Å². The van der Waals surface area contributed by atoms with Gasteiger partial charge in [0.25, 0.3) is 0 Å². The fourth-order valence-corrected chi connectivity index (χ4v) is 2.19. The molecule has 0 atom stereocenters. The van der Waals surface area contributed by atoms with Gasteiger partial charge >= 0.3 is 5.97 Å². The van der Waals surface area contributed by atoms with Crippen LogP contribution >= 0.6 is 0 Å². The largest absolute Gasteiger partial charge is 0.477 e. The molecule has 0 amide bonds. The molecular weight excluding hydrogens is 242 g/mol. The van der Waals surface area contributed by atoms with Crippen molar-refractivity contribution >= 4 is 17.5 Å². The van der Waals surface area contributed by atoms with E-state index in [9.17, 15) is 4.79 Å². The second kappa shape index (κ2) is 6.41. The predicted octanol–water partition coefficient (Wildman–Crippen LogP) is 2.70. The highest BCUT2D eigenvalue weighted by molar-refractivity contribution is 5.86. The SMILES string of the molecule is CC(C)C(CNc1nc(C(=O)O)ccc1N)C(C)C. The number of hydrogen-bond acceptors (Lipinski definition) is 4. The van der Waals surface area contributed by atoms with Crippen LogP contribution in [0.25, 0.3) is 0 Å². The highest BCUT2D eigenvalue weighted by atomic mass is 16.4. The number of rotatable bonds is 6. The summed E-state index contributed by atoms with van der Waals surface area (Å²) in [6.07, 6.45) is 0. The molecule has 0 unspecified atom stereocenters. The second-order valence-electron chi connectivity index (χ2n) is 5.47. The molecule has 0 aliphatic heterocycles. The fraction of sp³-hybridized carbons (Fsp3) is 0.571. The van der Waals surface area contributed by atoms with Gasteiger partial charge in [-0.05, 0) is 29.9 Å². The first-order valence-corrected chi connectivity index (χ1v) is 6.56. The van der Waals surface area contributed by atoms with Gasteiger partial charge in [-0.25, -0.2) is 9.78 Å². The zero-order chi connectivity index (χ0) is 14.6. The van der Waals surface area contributed by atoms with Gasteiger partial charge in [0.2, 0.25) is 0 Å². The average Bonchev–Trinajstić information content (AvgIpc) is 2.30. The Kier molecular flexibility index (Phi) is 5.15. The minimum atomic E-state index is -1.05. The number of nitrogen functional groups attached to an aromatic ring is 1. The molecule has 19 heavy (non-hydrogen) atoms. The van der Waals surface area contributed by atoms with E-state index in [1.807, 2.05) is 0 Å². The van der Waals surface area contributed by atoms with Crippen molar-refractivity contribution in [2.24, 2.45) is 17.8 Å². The number of aromatic nitrogens is 1. The number of nitrogens with two attached hydrogens (primary N) is 1. The van der Waals surface area contributed by atoms with Crippen molar-refractivity contribution in [3.63, 3.8) is 0 Å². The minimum Gasteiger partial charge on any atom is -0.477 e. The standard InChI is InChI=1S/C14H23N3O2/c1-8(2)10(9(3)4)7-16-13-11(15)5-6-12(17-13)14(18)19/h5-6,8-10H,7,15H2,1-4H3,(H,16,17)(H,18,19). The Balaban J connectivity index is 2.81. The Bertz CT molecular complexity index is 436. The summed E-state index contributed by atoms with van der Waals surface area (Å²) < 4.78 is 0. The summed E-state index contributed by atoms with van der Waals surface area (Å²) in [4.78, 5) is 14.9. The van der Waals surface area contributed by atoms with Gasteiger partial charge in [-0.15, -0.1) is 0 Å². The van der Waals surface area contributed by atoms with E-state index in [-0.39, 0.29) is 5.69 Å². The molecule has 106 valence electrons. The van der Waals surface area contributed by atoms with Crippen molar-refractivity contribution in [2.75, 3.05) is 17.6 Å². The number of carboxylic acid groups (broad SMARTS) is 1. The van der Waals surface area contributed by atoms with Gasteiger partial charge in [-0.2, -0.15) is 0 Å². The summed E-state index contributed by atoms with van der Waals surface area (Å²) in [5.74, 6) is 0.959. The maximum absolute atomic E-state index is 10.9. The van der Waals surface area contributed by atoms with Gasteiger partial charge in [0.1, 0.15) is 5.82 Å². The molecule has 0 aliphatic carbocycles. The van der Waals surface area contributed by atoms with Gasteiger partial charge in [0.15, 0.2) is 5.69 Å². The van der Waals surface area contributed by atoms with Crippen LogP contribution in [0.4, 0.5) is 11.5 Å². The molecule has 0 radical (unpaired) electrons. The third-order valence-electron chi connectivity index (χ3n) is 3.36. The lowest BCUT2D eigenvalue weighted by Crippen LogP contribution is -2.25. The molecule has 0 fully saturated rings. The Morgan fingerprint density at radius 1 is 1.32 bits per heavy atom. The number of aromatic carboxylic acids is 1. The number of pyridine rings is 1. The van der Waals surface area contributed by atoms with Crippen LogP contribution in [0.1, 0.15) is 38.2 Å². The quantitative estimate of drug-likeness (QED) is 0.736. The van der Waals surface area contributed by atoms with E-state index in [0.29, 0.717) is 29.3 Å². The van der Waals surface area contributed by atoms with Gasteiger partial charge in [-0.1, -0.05) is 27.7 Å². The number of anilines is 2. The molecule has 1 heterocycles. The smallest absolute Gasteiger partial charge is 0.354 e. The van der Waals surface area contributed by atoms with Crippen molar-refractivity contribution in [3.8, 4) is 0 Å². The molecule has 0 aliphatic rings. The van der Waals surface area contributed by atoms with Crippen LogP contribution in [0, 0.1) is 17.8 Å². The lowest BCUT2D eigenvalue weighted by molar-refractivity contribution is 0.0690. The maximum atomic E-state index is 10.9. The average molecular weight is 265 g/mol. The van der Waals surface area contributed by atoms with Crippen molar-refractivity contribution in [3.05, 3.63) is 17.8 Å². The monoisotopic (exact) mass is 265 g/mol. The van der Waals surface area contributed by atoms with Crippen molar-refractivity contribution < 1.29 is 9.90 Å². The van der Waals surface area contributed by atoms with Crippen LogP contribution < -0.4 is 11.1 Å². The van der Waals surface area contributed by atoms with Crippen molar-refractivity contribution in [1.29, 1.82) is 0 Å². The van der Waals surface area contributed by atoms with E-state index in [1.165, 1.54) is 6.07 Å². The molecule has 0 spiro atoms. The predicted molar refractivity (Wildman–Crippen MR) is 77.3 cm³/mol. The first-order valence-electron chi connectivity index (χ1n) is 6.56. The molecule has 4 N–H and O–H groups in total. The van der Waals surface area contributed by atoms with Crippen LogP contribution in [0.5, 0.6) is 0 Å². The second-order valence-corrected chi connectivity index (χ2v) is 5.47. The van der Waals surface area contributed by atoms with E-state index >= 15 is 0 Å². The van der Waals surface area contributed by atoms with Crippen molar-refractivity contribution in [2.45, 2.75) is 27.7 Å². The first-order chi connectivity index (χ1) is 8.82.